The van der Waals surface area contributed by atoms with Crippen molar-refractivity contribution in [2.45, 2.75) is 70.6 Å². The summed E-state index contributed by atoms with van der Waals surface area (Å²) in [5.41, 5.74) is 0.974. The van der Waals surface area contributed by atoms with Crippen LogP contribution < -0.4 is 0 Å². The van der Waals surface area contributed by atoms with Crippen LogP contribution in [0.2, 0.25) is 0 Å². The molecule has 0 aromatic heterocycles. The quantitative estimate of drug-likeness (QED) is 0.251. The van der Waals surface area contributed by atoms with E-state index in [1.54, 1.807) is 13.8 Å². The fraction of sp³-hybridized carbons (Fsp3) is 0.571. The molecule has 0 aromatic carbocycles. The number of ether oxygens (including phenoxy) is 7. The molecule has 5 aliphatic rings. The second-order valence-electron chi connectivity index (χ2n) is 10.2. The maximum Gasteiger partial charge on any atom is 0.347 e. The second kappa shape index (κ2) is 13.6. The van der Waals surface area contributed by atoms with E-state index in [1.165, 1.54) is 6.92 Å². The van der Waals surface area contributed by atoms with E-state index in [1.807, 2.05) is 0 Å². The Balaban J connectivity index is 0.000000174. The summed E-state index contributed by atoms with van der Waals surface area (Å²) in [6, 6.07) is 0. The van der Waals surface area contributed by atoms with Crippen molar-refractivity contribution >= 4 is 35.8 Å². The first-order valence-corrected chi connectivity index (χ1v) is 13.0. The number of carbonyl (C=O) groups is 6. The molecule has 0 N–H and O–H groups in total. The average Bonchev–Trinajstić information content (AvgIpc) is 3.72. The zero-order valence-electron chi connectivity index (χ0n) is 23.2. The SMILES string of the molecule is C=C(C)C(=O)OC1CC2OC1C1C(=O)OCC21.C=C(C)C(=O)OC1CCOC1=O.C=C(C)C(=O)OC1COC(=O)C1. The van der Waals surface area contributed by atoms with Crippen LogP contribution >= 0.6 is 0 Å². The van der Waals surface area contributed by atoms with Crippen LogP contribution in [0.25, 0.3) is 0 Å². The first-order chi connectivity index (χ1) is 19.3. The predicted octanol–water partition coefficient (Wildman–Crippen LogP) is 1.28. The number of rotatable bonds is 6. The Bertz CT molecular complexity index is 1140. The van der Waals surface area contributed by atoms with Crippen molar-refractivity contribution in [1.29, 1.82) is 0 Å². The minimum absolute atomic E-state index is 0.0145. The molecule has 0 saturated carbocycles. The highest BCUT2D eigenvalue weighted by Crippen LogP contribution is 2.48. The van der Waals surface area contributed by atoms with Gasteiger partial charge < -0.3 is 33.2 Å². The van der Waals surface area contributed by atoms with Crippen LogP contribution in [0.4, 0.5) is 0 Å². The maximum absolute atomic E-state index is 11.6. The smallest absolute Gasteiger partial charge is 0.347 e. The van der Waals surface area contributed by atoms with Crippen molar-refractivity contribution in [1.82, 2.24) is 0 Å². The molecule has 224 valence electrons. The summed E-state index contributed by atoms with van der Waals surface area (Å²) in [5.74, 6) is -2.56. The third kappa shape index (κ3) is 8.03. The molecule has 5 rings (SSSR count). The van der Waals surface area contributed by atoms with Crippen molar-refractivity contribution in [3.63, 3.8) is 0 Å². The van der Waals surface area contributed by atoms with Crippen molar-refractivity contribution in [3.05, 3.63) is 36.5 Å². The van der Waals surface area contributed by atoms with Gasteiger partial charge >= 0.3 is 35.8 Å². The topological polar surface area (TPSA) is 167 Å². The van der Waals surface area contributed by atoms with Crippen LogP contribution in [0.3, 0.4) is 0 Å². The zero-order chi connectivity index (χ0) is 30.4. The van der Waals surface area contributed by atoms with E-state index in [-0.39, 0.29) is 60.7 Å². The van der Waals surface area contributed by atoms with E-state index < -0.39 is 36.1 Å². The van der Waals surface area contributed by atoms with Crippen molar-refractivity contribution in [2.24, 2.45) is 11.8 Å². The number of carbonyl (C=O) groups excluding carboxylic acids is 6. The van der Waals surface area contributed by atoms with Gasteiger partial charge in [-0.1, -0.05) is 19.7 Å². The van der Waals surface area contributed by atoms with Crippen LogP contribution in [0.5, 0.6) is 0 Å². The highest BCUT2D eigenvalue weighted by Gasteiger charge is 2.61. The van der Waals surface area contributed by atoms with Crippen LogP contribution in [0.1, 0.15) is 40.0 Å². The second-order valence-corrected chi connectivity index (χ2v) is 10.2. The molecular formula is C28H34O13. The number of hydrogen-bond acceptors (Lipinski definition) is 13. The van der Waals surface area contributed by atoms with Crippen LogP contribution in [0.15, 0.2) is 36.5 Å². The Labute approximate surface area is 236 Å². The molecule has 7 atom stereocenters. The van der Waals surface area contributed by atoms with Gasteiger partial charge in [0.1, 0.15) is 24.9 Å². The lowest BCUT2D eigenvalue weighted by Crippen LogP contribution is -2.40. The molecule has 5 aliphatic heterocycles. The number of fused-ring (bicyclic) bond motifs is 5. The fourth-order valence-corrected chi connectivity index (χ4v) is 4.55. The van der Waals surface area contributed by atoms with Crippen molar-refractivity contribution in [3.8, 4) is 0 Å². The summed E-state index contributed by atoms with van der Waals surface area (Å²) in [7, 11) is 0. The van der Waals surface area contributed by atoms with Gasteiger partial charge in [0.15, 0.2) is 0 Å². The van der Waals surface area contributed by atoms with E-state index >= 15 is 0 Å². The first-order valence-electron chi connectivity index (χ1n) is 13.0. The summed E-state index contributed by atoms with van der Waals surface area (Å²) in [6.07, 6.45) is -0.590. The molecule has 41 heavy (non-hydrogen) atoms. The lowest BCUT2D eigenvalue weighted by Gasteiger charge is -2.24. The van der Waals surface area contributed by atoms with Crippen LogP contribution in [0, 0.1) is 11.8 Å². The summed E-state index contributed by atoms with van der Waals surface area (Å²) >= 11 is 0. The van der Waals surface area contributed by atoms with E-state index in [0.29, 0.717) is 37.2 Å². The minimum Gasteiger partial charge on any atom is -0.465 e. The predicted molar refractivity (Wildman–Crippen MR) is 136 cm³/mol. The van der Waals surface area contributed by atoms with Gasteiger partial charge in [-0.15, -0.1) is 0 Å². The monoisotopic (exact) mass is 578 g/mol. The van der Waals surface area contributed by atoms with Crippen molar-refractivity contribution in [2.75, 3.05) is 19.8 Å². The van der Waals surface area contributed by atoms with Gasteiger partial charge in [-0.05, 0) is 20.8 Å². The molecule has 5 heterocycles. The molecule has 2 bridgehead atoms. The Morgan fingerprint density at radius 1 is 0.780 bits per heavy atom. The Morgan fingerprint density at radius 3 is 1.93 bits per heavy atom. The molecule has 0 spiro atoms. The normalized spacial score (nSPS) is 30.2. The van der Waals surface area contributed by atoms with E-state index in [0.717, 1.165) is 0 Å². The van der Waals surface area contributed by atoms with E-state index in [4.69, 9.17) is 23.7 Å². The summed E-state index contributed by atoms with van der Waals surface area (Å²) < 4.78 is 34.8. The third-order valence-corrected chi connectivity index (χ3v) is 6.68. The van der Waals surface area contributed by atoms with Gasteiger partial charge in [-0.3, -0.25) is 9.59 Å². The Morgan fingerprint density at radius 2 is 1.39 bits per heavy atom. The molecule has 5 saturated heterocycles. The van der Waals surface area contributed by atoms with E-state index in [9.17, 15) is 28.8 Å². The molecule has 5 fully saturated rings. The first kappa shape index (κ1) is 31.5. The maximum atomic E-state index is 11.6. The lowest BCUT2D eigenvalue weighted by molar-refractivity contribution is -0.157. The Kier molecular flexibility index (Phi) is 10.4. The number of cyclic esters (lactones) is 3. The van der Waals surface area contributed by atoms with Gasteiger partial charge in [-0.2, -0.15) is 0 Å². The van der Waals surface area contributed by atoms with Gasteiger partial charge in [0.2, 0.25) is 6.10 Å². The summed E-state index contributed by atoms with van der Waals surface area (Å²) in [4.78, 5) is 66.2. The lowest BCUT2D eigenvalue weighted by atomic mass is 9.80. The van der Waals surface area contributed by atoms with Gasteiger partial charge in [0.25, 0.3) is 0 Å². The van der Waals surface area contributed by atoms with Gasteiger partial charge in [-0.25, -0.2) is 19.2 Å². The molecule has 0 amide bonds. The fourth-order valence-electron chi connectivity index (χ4n) is 4.55. The molecule has 0 aromatic rings. The molecule has 13 nitrogen and oxygen atoms in total. The third-order valence-electron chi connectivity index (χ3n) is 6.68. The highest BCUT2D eigenvalue weighted by molar-refractivity contribution is 5.90. The number of hydrogen-bond donors (Lipinski definition) is 0. The highest BCUT2D eigenvalue weighted by atomic mass is 16.6. The molecule has 0 aliphatic carbocycles. The van der Waals surface area contributed by atoms with Crippen LogP contribution in [-0.4, -0.2) is 86.2 Å². The summed E-state index contributed by atoms with van der Waals surface area (Å²) in [6.45, 7) is 16.0. The standard InChI is InChI=1S/C12H14O5.2C8H10O4/c1-5(2)11(13)17-8-3-7-6-4-15-12(14)9(6)10(8)16-7;1-5(2)8(10)12-6-3-7(9)11-4-6;1-5(2)7(9)12-6-3-4-11-8(6)10/h6-10H,1,3-4H2,2H3;2*6H,1,3-4H2,2H3. The minimum atomic E-state index is -0.728. The molecule has 13 heteroatoms. The molecule has 0 radical (unpaired) electrons. The Hall–Kier alpha value is -4.00. The van der Waals surface area contributed by atoms with E-state index in [2.05, 4.69) is 29.2 Å². The van der Waals surface area contributed by atoms with Crippen molar-refractivity contribution < 1.29 is 61.9 Å². The molecular weight excluding hydrogens is 544 g/mol. The zero-order valence-corrected chi connectivity index (χ0v) is 23.2. The van der Waals surface area contributed by atoms with Gasteiger partial charge in [0.05, 0.1) is 31.7 Å². The van der Waals surface area contributed by atoms with Gasteiger partial charge in [0, 0.05) is 35.5 Å². The van der Waals surface area contributed by atoms with Crippen LogP contribution in [-0.2, 0) is 61.9 Å². The molecule has 7 unspecified atom stereocenters. The number of esters is 6. The summed E-state index contributed by atoms with van der Waals surface area (Å²) in [5, 5.41) is 0. The largest absolute Gasteiger partial charge is 0.465 e. The average molecular weight is 579 g/mol.